The van der Waals surface area contributed by atoms with Gasteiger partial charge < -0.3 is 10.2 Å². The van der Waals surface area contributed by atoms with Crippen LogP contribution in [0.4, 0.5) is 5.82 Å². The van der Waals surface area contributed by atoms with Crippen molar-refractivity contribution in [3.8, 4) is 0 Å². The number of fused-ring (bicyclic) bond motifs is 1. The molecule has 1 aliphatic carbocycles. The first-order valence-electron chi connectivity index (χ1n) is 9.40. The molecule has 1 amide bonds. The fourth-order valence-corrected chi connectivity index (χ4v) is 4.30. The van der Waals surface area contributed by atoms with E-state index in [2.05, 4.69) is 26.5 Å². The number of amides is 1. The molecule has 0 bridgehead atoms. The van der Waals surface area contributed by atoms with Gasteiger partial charge >= 0.3 is 0 Å². The number of aromatic nitrogens is 2. The Labute approximate surface area is 158 Å². The third-order valence-corrected chi connectivity index (χ3v) is 6.00. The maximum Gasteiger partial charge on any atom is 0.244 e. The normalized spacial score (nSPS) is 18.1. The zero-order valence-electron chi connectivity index (χ0n) is 14.9. The van der Waals surface area contributed by atoms with Gasteiger partial charge in [0.25, 0.3) is 0 Å². The number of carbonyl (C=O) groups is 1. The lowest BCUT2D eigenvalue weighted by molar-refractivity contribution is -0.117. The van der Waals surface area contributed by atoms with Gasteiger partial charge in [0.15, 0.2) is 5.82 Å². The lowest BCUT2D eigenvalue weighted by Crippen LogP contribution is -2.44. The largest absolute Gasteiger partial charge is 0.355 e. The standard InChI is InChI=1S/C20H24N4OS/c25-20(8-7-17-5-3-13-26-17)21-16-9-11-24(12-10-16)19-14-15-4-1-2-6-18(15)22-23-19/h3,5,7-8,13-14,16H,1-2,4,6,9-12H2,(H,21,25). The molecule has 2 aromatic heterocycles. The van der Waals surface area contributed by atoms with Crippen molar-refractivity contribution >= 4 is 29.1 Å². The zero-order valence-corrected chi connectivity index (χ0v) is 15.7. The number of aryl methyl sites for hydroxylation is 2. The number of piperidine rings is 1. The number of thiophene rings is 1. The second-order valence-electron chi connectivity index (χ2n) is 7.00. The maximum absolute atomic E-state index is 12.1. The fourth-order valence-electron chi connectivity index (χ4n) is 3.68. The van der Waals surface area contributed by atoms with Crippen molar-refractivity contribution in [3.05, 3.63) is 45.8 Å². The van der Waals surface area contributed by atoms with Gasteiger partial charge in [0, 0.05) is 30.1 Å². The molecule has 3 heterocycles. The Morgan fingerprint density at radius 1 is 1.23 bits per heavy atom. The highest BCUT2D eigenvalue weighted by molar-refractivity contribution is 7.10. The minimum absolute atomic E-state index is 0.00887. The van der Waals surface area contributed by atoms with Crippen molar-refractivity contribution in [1.82, 2.24) is 15.5 Å². The van der Waals surface area contributed by atoms with Gasteiger partial charge in [-0.2, -0.15) is 5.10 Å². The number of rotatable bonds is 4. The van der Waals surface area contributed by atoms with Gasteiger partial charge in [-0.3, -0.25) is 4.79 Å². The predicted octanol–water partition coefficient (Wildman–Crippen LogP) is 3.22. The fraction of sp³-hybridized carbons (Fsp3) is 0.450. The van der Waals surface area contributed by atoms with Crippen LogP contribution in [0.25, 0.3) is 6.08 Å². The molecule has 5 nitrogen and oxygen atoms in total. The summed E-state index contributed by atoms with van der Waals surface area (Å²) in [5.74, 6) is 0.985. The van der Waals surface area contributed by atoms with Crippen LogP contribution in [0.3, 0.4) is 0 Å². The van der Waals surface area contributed by atoms with Gasteiger partial charge in [0.05, 0.1) is 5.69 Å². The van der Waals surface area contributed by atoms with E-state index < -0.39 is 0 Å². The SMILES string of the molecule is O=C(C=Cc1cccs1)NC1CCN(c2cc3c(nn2)CCCC3)CC1. The van der Waals surface area contributed by atoms with Crippen LogP contribution in [0.2, 0.25) is 0 Å². The highest BCUT2D eigenvalue weighted by Gasteiger charge is 2.22. The van der Waals surface area contributed by atoms with E-state index in [9.17, 15) is 4.79 Å². The molecular formula is C20H24N4OS. The molecule has 2 aromatic rings. The summed E-state index contributed by atoms with van der Waals surface area (Å²) < 4.78 is 0. The van der Waals surface area contributed by atoms with Gasteiger partial charge in [0.2, 0.25) is 5.91 Å². The molecule has 136 valence electrons. The summed E-state index contributed by atoms with van der Waals surface area (Å²) >= 11 is 1.63. The summed E-state index contributed by atoms with van der Waals surface area (Å²) in [6.45, 7) is 1.82. The molecule has 26 heavy (non-hydrogen) atoms. The minimum Gasteiger partial charge on any atom is -0.355 e. The molecule has 0 atom stereocenters. The second-order valence-corrected chi connectivity index (χ2v) is 7.98. The molecule has 1 N–H and O–H groups in total. The van der Waals surface area contributed by atoms with E-state index in [-0.39, 0.29) is 11.9 Å². The van der Waals surface area contributed by atoms with E-state index in [1.54, 1.807) is 17.4 Å². The van der Waals surface area contributed by atoms with Crippen molar-refractivity contribution in [3.63, 3.8) is 0 Å². The van der Waals surface area contributed by atoms with Crippen molar-refractivity contribution in [1.29, 1.82) is 0 Å². The Morgan fingerprint density at radius 2 is 2.08 bits per heavy atom. The van der Waals surface area contributed by atoms with E-state index in [1.165, 1.54) is 24.1 Å². The third kappa shape index (κ3) is 4.12. The number of hydrogen-bond donors (Lipinski definition) is 1. The van der Waals surface area contributed by atoms with Crippen LogP contribution in [-0.4, -0.2) is 35.2 Å². The molecule has 1 aliphatic heterocycles. The van der Waals surface area contributed by atoms with Crippen molar-refractivity contribution < 1.29 is 4.79 Å². The Balaban J connectivity index is 1.29. The summed E-state index contributed by atoms with van der Waals surface area (Å²) in [6, 6.07) is 6.45. The highest BCUT2D eigenvalue weighted by atomic mass is 32.1. The Bertz CT molecular complexity index is 779. The average molecular weight is 369 g/mol. The molecule has 0 unspecified atom stereocenters. The van der Waals surface area contributed by atoms with Crippen LogP contribution in [0, 0.1) is 0 Å². The Hall–Kier alpha value is -2.21. The molecular weight excluding hydrogens is 344 g/mol. The van der Waals surface area contributed by atoms with Gasteiger partial charge in [-0.1, -0.05) is 6.07 Å². The maximum atomic E-state index is 12.1. The van der Waals surface area contributed by atoms with E-state index in [0.29, 0.717) is 0 Å². The minimum atomic E-state index is -0.00887. The lowest BCUT2D eigenvalue weighted by atomic mass is 9.96. The van der Waals surface area contributed by atoms with Crippen LogP contribution in [0.5, 0.6) is 0 Å². The zero-order chi connectivity index (χ0) is 17.8. The van der Waals surface area contributed by atoms with Crippen LogP contribution in [0.15, 0.2) is 29.7 Å². The lowest BCUT2D eigenvalue weighted by Gasteiger charge is -2.33. The molecule has 0 spiro atoms. The summed E-state index contributed by atoms with van der Waals surface area (Å²) in [6.07, 6.45) is 10.1. The van der Waals surface area contributed by atoms with Crippen molar-refractivity contribution in [2.45, 2.75) is 44.6 Å². The number of nitrogens with one attached hydrogen (secondary N) is 1. The van der Waals surface area contributed by atoms with E-state index in [0.717, 1.165) is 49.5 Å². The monoisotopic (exact) mass is 368 g/mol. The number of carbonyl (C=O) groups excluding carboxylic acids is 1. The Kier molecular flexibility index (Phi) is 5.29. The first-order valence-corrected chi connectivity index (χ1v) is 10.3. The number of anilines is 1. The van der Waals surface area contributed by atoms with E-state index >= 15 is 0 Å². The van der Waals surface area contributed by atoms with Crippen LogP contribution in [-0.2, 0) is 17.6 Å². The quantitative estimate of drug-likeness (QED) is 0.842. The van der Waals surface area contributed by atoms with Crippen molar-refractivity contribution in [2.24, 2.45) is 0 Å². The second kappa shape index (κ2) is 7.99. The predicted molar refractivity (Wildman–Crippen MR) is 105 cm³/mol. The highest BCUT2D eigenvalue weighted by Crippen LogP contribution is 2.24. The Morgan fingerprint density at radius 3 is 2.88 bits per heavy atom. The van der Waals surface area contributed by atoms with E-state index in [4.69, 9.17) is 0 Å². The molecule has 2 aliphatic rings. The molecule has 0 aromatic carbocycles. The molecule has 4 rings (SSSR count). The van der Waals surface area contributed by atoms with Crippen LogP contribution in [0.1, 0.15) is 41.8 Å². The van der Waals surface area contributed by atoms with Gasteiger partial charge in [-0.05, 0) is 67.7 Å². The number of hydrogen-bond acceptors (Lipinski definition) is 5. The molecule has 1 fully saturated rings. The third-order valence-electron chi connectivity index (χ3n) is 5.16. The molecule has 1 saturated heterocycles. The smallest absolute Gasteiger partial charge is 0.244 e. The first-order chi connectivity index (χ1) is 12.8. The summed E-state index contributed by atoms with van der Waals surface area (Å²) in [7, 11) is 0. The van der Waals surface area contributed by atoms with E-state index in [1.807, 2.05) is 23.6 Å². The number of nitrogens with zero attached hydrogens (tertiary/aromatic N) is 3. The molecule has 6 heteroatoms. The van der Waals surface area contributed by atoms with Crippen LogP contribution < -0.4 is 10.2 Å². The van der Waals surface area contributed by atoms with Gasteiger partial charge in [-0.15, -0.1) is 16.4 Å². The topological polar surface area (TPSA) is 58.1 Å². The van der Waals surface area contributed by atoms with Crippen molar-refractivity contribution in [2.75, 3.05) is 18.0 Å². The molecule has 0 saturated carbocycles. The van der Waals surface area contributed by atoms with Crippen LogP contribution >= 0.6 is 11.3 Å². The summed E-state index contributed by atoms with van der Waals surface area (Å²) in [5.41, 5.74) is 2.55. The van der Waals surface area contributed by atoms with Gasteiger partial charge in [-0.25, -0.2) is 0 Å². The summed E-state index contributed by atoms with van der Waals surface area (Å²) in [4.78, 5) is 15.5. The molecule has 0 radical (unpaired) electrons. The van der Waals surface area contributed by atoms with Gasteiger partial charge in [0.1, 0.15) is 0 Å². The summed E-state index contributed by atoms with van der Waals surface area (Å²) in [5, 5.41) is 14.0. The average Bonchev–Trinajstić information content (AvgIpc) is 3.20. The first kappa shape index (κ1) is 17.2.